The Hall–Kier alpha value is -0.960. The second-order valence-electron chi connectivity index (χ2n) is 6.21. The Morgan fingerprint density at radius 1 is 0.958 bits per heavy atom. The van der Waals surface area contributed by atoms with Gasteiger partial charge in [0, 0.05) is 26.2 Å². The number of aryl methyl sites for hydroxylation is 1. The smallest absolute Gasteiger partial charge is 0.212 e. The third-order valence-electron chi connectivity index (χ3n) is 4.17. The molecule has 0 radical (unpaired) electrons. The Labute approximate surface area is 145 Å². The van der Waals surface area contributed by atoms with Crippen molar-refractivity contribution in [2.45, 2.75) is 32.4 Å². The molecule has 0 N–H and O–H groups in total. The van der Waals surface area contributed by atoms with Crippen molar-refractivity contribution in [1.82, 2.24) is 8.61 Å². The van der Waals surface area contributed by atoms with E-state index in [4.69, 9.17) is 0 Å². The molecule has 2 rings (SSSR count). The highest BCUT2D eigenvalue weighted by molar-refractivity contribution is 7.89. The van der Waals surface area contributed by atoms with E-state index in [9.17, 15) is 16.8 Å². The topological polar surface area (TPSA) is 74.8 Å². The fraction of sp³-hybridized carbons (Fsp3) is 0.625. The average Bonchev–Trinajstić information content (AvgIpc) is 2.53. The summed E-state index contributed by atoms with van der Waals surface area (Å²) in [5.74, 6) is 0.0941. The van der Waals surface area contributed by atoms with Gasteiger partial charge in [0.1, 0.15) is 0 Å². The van der Waals surface area contributed by atoms with Crippen molar-refractivity contribution in [1.29, 1.82) is 0 Å². The largest absolute Gasteiger partial charge is 0.218 e. The molecule has 1 saturated heterocycles. The summed E-state index contributed by atoms with van der Waals surface area (Å²) in [7, 11) is -6.69. The summed E-state index contributed by atoms with van der Waals surface area (Å²) in [6.07, 6.45) is 1.46. The highest BCUT2D eigenvalue weighted by atomic mass is 32.2. The van der Waals surface area contributed by atoms with Crippen molar-refractivity contribution >= 4 is 20.0 Å². The molecule has 1 heterocycles. The van der Waals surface area contributed by atoms with Crippen molar-refractivity contribution in [3.8, 4) is 0 Å². The highest BCUT2D eigenvalue weighted by Crippen LogP contribution is 2.16. The molecule has 1 fully saturated rings. The fourth-order valence-electron chi connectivity index (χ4n) is 2.79. The van der Waals surface area contributed by atoms with Gasteiger partial charge >= 0.3 is 0 Å². The van der Waals surface area contributed by atoms with Crippen molar-refractivity contribution in [3.63, 3.8) is 0 Å². The molecule has 6 nitrogen and oxygen atoms in total. The van der Waals surface area contributed by atoms with E-state index in [0.717, 1.165) is 17.5 Å². The van der Waals surface area contributed by atoms with Gasteiger partial charge in [-0.1, -0.05) is 43.2 Å². The number of hydrogen-bond donors (Lipinski definition) is 0. The number of unbranched alkanes of at least 4 members (excludes halogenated alkanes) is 1. The van der Waals surface area contributed by atoms with Gasteiger partial charge in [0.2, 0.25) is 20.0 Å². The van der Waals surface area contributed by atoms with E-state index in [1.807, 2.05) is 32.0 Å². The SMILES string of the molecule is CCCCS(=O)(=O)N1CCN(S(=O)(=O)Cc2cccc(C)c2)CC1. The summed E-state index contributed by atoms with van der Waals surface area (Å²) < 4.78 is 52.3. The summed E-state index contributed by atoms with van der Waals surface area (Å²) in [4.78, 5) is 0. The molecule has 0 aromatic heterocycles. The second-order valence-corrected chi connectivity index (χ2v) is 10.3. The first-order valence-electron chi connectivity index (χ1n) is 8.26. The average molecular weight is 375 g/mol. The number of nitrogens with zero attached hydrogens (tertiary/aromatic N) is 2. The van der Waals surface area contributed by atoms with Crippen LogP contribution in [0.15, 0.2) is 24.3 Å². The zero-order chi connectivity index (χ0) is 17.8. The van der Waals surface area contributed by atoms with Crippen molar-refractivity contribution in [3.05, 3.63) is 35.4 Å². The van der Waals surface area contributed by atoms with E-state index < -0.39 is 20.0 Å². The maximum atomic E-state index is 12.6. The van der Waals surface area contributed by atoms with E-state index >= 15 is 0 Å². The molecule has 0 spiro atoms. The predicted octanol–water partition coefficient (Wildman–Crippen LogP) is 1.57. The first-order chi connectivity index (χ1) is 11.2. The second kappa shape index (κ2) is 7.95. The van der Waals surface area contributed by atoms with E-state index in [1.54, 1.807) is 6.07 Å². The maximum absolute atomic E-state index is 12.6. The molecule has 1 aliphatic rings. The normalized spacial score (nSPS) is 17.9. The molecule has 1 aromatic rings. The van der Waals surface area contributed by atoms with Gasteiger partial charge in [-0.25, -0.2) is 16.8 Å². The van der Waals surface area contributed by atoms with Crippen LogP contribution in [0.1, 0.15) is 30.9 Å². The number of piperazine rings is 1. The number of hydrogen-bond acceptors (Lipinski definition) is 4. The van der Waals surface area contributed by atoms with Crippen LogP contribution in [0.3, 0.4) is 0 Å². The molecule has 8 heteroatoms. The first-order valence-corrected chi connectivity index (χ1v) is 11.5. The molecule has 0 saturated carbocycles. The van der Waals surface area contributed by atoms with Crippen LogP contribution in [0.5, 0.6) is 0 Å². The minimum atomic E-state index is -3.43. The van der Waals surface area contributed by atoms with E-state index in [0.29, 0.717) is 6.42 Å². The van der Waals surface area contributed by atoms with Crippen LogP contribution in [0, 0.1) is 6.92 Å². The quantitative estimate of drug-likeness (QED) is 0.726. The molecule has 24 heavy (non-hydrogen) atoms. The summed E-state index contributed by atoms with van der Waals surface area (Å²) >= 11 is 0. The molecule has 0 bridgehead atoms. The maximum Gasteiger partial charge on any atom is 0.218 e. The summed E-state index contributed by atoms with van der Waals surface area (Å²) in [5.41, 5.74) is 1.78. The van der Waals surface area contributed by atoms with Crippen molar-refractivity contribution < 1.29 is 16.8 Å². The Bertz CT molecular complexity index is 752. The Balaban J connectivity index is 1.98. The van der Waals surface area contributed by atoms with Crippen LogP contribution < -0.4 is 0 Å². The van der Waals surface area contributed by atoms with Gasteiger partial charge in [-0.15, -0.1) is 0 Å². The van der Waals surface area contributed by atoms with Gasteiger partial charge in [-0.3, -0.25) is 0 Å². The Morgan fingerprint density at radius 2 is 1.54 bits per heavy atom. The third-order valence-corrected chi connectivity index (χ3v) is 7.98. The zero-order valence-electron chi connectivity index (χ0n) is 14.3. The fourth-order valence-corrected chi connectivity index (χ4v) is 5.92. The Kier molecular flexibility index (Phi) is 6.41. The van der Waals surface area contributed by atoms with Gasteiger partial charge in [-0.2, -0.15) is 8.61 Å². The van der Waals surface area contributed by atoms with E-state index in [-0.39, 0.29) is 37.7 Å². The van der Waals surface area contributed by atoms with E-state index in [2.05, 4.69) is 0 Å². The molecule has 0 aliphatic carbocycles. The summed E-state index contributed by atoms with van der Waals surface area (Å²) in [6.45, 7) is 4.79. The standard InChI is InChI=1S/C16H26N2O4S2/c1-3-4-12-23(19,20)17-8-10-18(11-9-17)24(21,22)14-16-7-5-6-15(2)13-16/h5-7,13H,3-4,8-12,14H2,1-2H3. The molecular formula is C16H26N2O4S2. The highest BCUT2D eigenvalue weighted by Gasteiger charge is 2.31. The molecule has 0 amide bonds. The number of rotatable bonds is 7. The zero-order valence-corrected chi connectivity index (χ0v) is 15.9. The lowest BCUT2D eigenvalue weighted by Gasteiger charge is -2.33. The Morgan fingerprint density at radius 3 is 2.08 bits per heavy atom. The third kappa shape index (κ3) is 5.02. The van der Waals surface area contributed by atoms with Gasteiger partial charge in [0.05, 0.1) is 11.5 Å². The van der Waals surface area contributed by atoms with Crippen LogP contribution in [0.2, 0.25) is 0 Å². The van der Waals surface area contributed by atoms with Crippen LogP contribution in [-0.4, -0.2) is 57.4 Å². The predicted molar refractivity (Wildman–Crippen MR) is 95.6 cm³/mol. The molecule has 1 aromatic carbocycles. The van der Waals surface area contributed by atoms with Crippen LogP contribution in [0.4, 0.5) is 0 Å². The van der Waals surface area contributed by atoms with Crippen LogP contribution in [0.25, 0.3) is 0 Å². The van der Waals surface area contributed by atoms with Crippen LogP contribution in [-0.2, 0) is 25.8 Å². The minimum Gasteiger partial charge on any atom is -0.212 e. The van der Waals surface area contributed by atoms with Crippen LogP contribution >= 0.6 is 0 Å². The molecule has 0 atom stereocenters. The van der Waals surface area contributed by atoms with Gasteiger partial charge < -0.3 is 0 Å². The van der Waals surface area contributed by atoms with Crippen molar-refractivity contribution in [2.24, 2.45) is 0 Å². The first kappa shape index (κ1) is 19.4. The number of benzene rings is 1. The summed E-state index contributed by atoms with van der Waals surface area (Å²) in [5, 5.41) is 0. The van der Waals surface area contributed by atoms with Gasteiger partial charge in [0.25, 0.3) is 0 Å². The molecule has 1 aliphatic heterocycles. The van der Waals surface area contributed by atoms with Gasteiger partial charge in [-0.05, 0) is 18.9 Å². The lowest BCUT2D eigenvalue weighted by molar-refractivity contribution is 0.272. The minimum absolute atomic E-state index is 0.0444. The molecule has 136 valence electrons. The molecule has 0 unspecified atom stereocenters. The summed E-state index contributed by atoms with van der Waals surface area (Å²) in [6, 6.07) is 7.44. The van der Waals surface area contributed by atoms with E-state index in [1.165, 1.54) is 8.61 Å². The molecular weight excluding hydrogens is 348 g/mol. The van der Waals surface area contributed by atoms with Crippen molar-refractivity contribution in [2.75, 3.05) is 31.9 Å². The monoisotopic (exact) mass is 374 g/mol. The van der Waals surface area contributed by atoms with Gasteiger partial charge in [0.15, 0.2) is 0 Å². The lowest BCUT2D eigenvalue weighted by atomic mass is 10.2. The lowest BCUT2D eigenvalue weighted by Crippen LogP contribution is -2.51. The number of sulfonamides is 2.